The van der Waals surface area contributed by atoms with Gasteiger partial charge in [0, 0.05) is 44.8 Å². The van der Waals surface area contributed by atoms with Crippen LogP contribution in [-0.4, -0.2) is 71.4 Å². The van der Waals surface area contributed by atoms with E-state index >= 15 is 0 Å². The molecule has 1 N–H and O–H groups in total. The highest BCUT2D eigenvalue weighted by atomic mass is 16.2. The summed E-state index contributed by atoms with van der Waals surface area (Å²) in [5, 5.41) is 2.83. The molecule has 0 spiro atoms. The van der Waals surface area contributed by atoms with Gasteiger partial charge in [0.25, 0.3) is 0 Å². The van der Waals surface area contributed by atoms with Gasteiger partial charge in [0.2, 0.25) is 5.91 Å². The van der Waals surface area contributed by atoms with Crippen LogP contribution in [0, 0.1) is 0 Å². The number of urea groups is 1. The second kappa shape index (κ2) is 9.03. The van der Waals surface area contributed by atoms with Crippen LogP contribution in [0.15, 0.2) is 30.3 Å². The van der Waals surface area contributed by atoms with Crippen LogP contribution >= 0.6 is 0 Å². The van der Waals surface area contributed by atoms with Crippen molar-refractivity contribution in [3.05, 3.63) is 35.9 Å². The molecule has 0 atom stereocenters. The number of hydrogen-bond donors (Lipinski definition) is 1. The third-order valence-electron chi connectivity index (χ3n) is 4.64. The quantitative estimate of drug-likeness (QED) is 0.875. The van der Waals surface area contributed by atoms with E-state index in [9.17, 15) is 9.59 Å². The zero-order valence-corrected chi connectivity index (χ0v) is 16.5. The Morgan fingerprint density at radius 2 is 1.69 bits per heavy atom. The summed E-state index contributed by atoms with van der Waals surface area (Å²) in [5.74, 6) is 0.132. The Kier molecular flexibility index (Phi) is 7.03. The molecule has 1 aromatic carbocycles. The summed E-state index contributed by atoms with van der Waals surface area (Å²) in [6.07, 6.45) is 0. The Morgan fingerprint density at radius 3 is 2.23 bits per heavy atom. The van der Waals surface area contributed by atoms with E-state index in [1.165, 1.54) is 0 Å². The largest absolute Gasteiger partial charge is 0.338 e. The van der Waals surface area contributed by atoms with Gasteiger partial charge in [-0.15, -0.1) is 0 Å². The predicted molar refractivity (Wildman–Crippen MR) is 104 cm³/mol. The van der Waals surface area contributed by atoms with Gasteiger partial charge in [-0.3, -0.25) is 9.69 Å². The molecule has 3 amide bonds. The Balaban J connectivity index is 1.92. The zero-order valence-electron chi connectivity index (χ0n) is 16.5. The summed E-state index contributed by atoms with van der Waals surface area (Å²) >= 11 is 0. The number of carbonyl (C=O) groups is 2. The fourth-order valence-electron chi connectivity index (χ4n) is 3.11. The van der Waals surface area contributed by atoms with Crippen molar-refractivity contribution < 1.29 is 9.59 Å². The van der Waals surface area contributed by atoms with Crippen LogP contribution < -0.4 is 5.32 Å². The molecular formula is C20H32N4O2. The van der Waals surface area contributed by atoms with Crippen LogP contribution in [0.3, 0.4) is 0 Å². The lowest BCUT2D eigenvalue weighted by atomic mass is 10.0. The molecule has 144 valence electrons. The smallest absolute Gasteiger partial charge is 0.317 e. The molecule has 1 aliphatic heterocycles. The van der Waals surface area contributed by atoms with E-state index in [-0.39, 0.29) is 17.5 Å². The summed E-state index contributed by atoms with van der Waals surface area (Å²) in [6, 6.07) is 10.1. The summed E-state index contributed by atoms with van der Waals surface area (Å²) in [4.78, 5) is 30.8. The number of nitrogens with zero attached hydrogens (tertiary/aromatic N) is 3. The van der Waals surface area contributed by atoms with Crippen LogP contribution in [0.4, 0.5) is 4.79 Å². The Hall–Kier alpha value is -2.08. The molecule has 6 heteroatoms. The van der Waals surface area contributed by atoms with E-state index in [0.717, 1.165) is 18.7 Å². The monoisotopic (exact) mass is 360 g/mol. The van der Waals surface area contributed by atoms with Crippen LogP contribution in [-0.2, 0) is 11.3 Å². The lowest BCUT2D eigenvalue weighted by molar-refractivity contribution is -0.138. The van der Waals surface area contributed by atoms with Crippen molar-refractivity contribution in [2.75, 3.05) is 39.3 Å². The third-order valence-corrected chi connectivity index (χ3v) is 4.64. The number of piperazine rings is 1. The third kappa shape index (κ3) is 5.73. The summed E-state index contributed by atoms with van der Waals surface area (Å²) in [6.45, 7) is 12.6. The van der Waals surface area contributed by atoms with Gasteiger partial charge in [0.1, 0.15) is 0 Å². The van der Waals surface area contributed by atoms with E-state index in [0.29, 0.717) is 32.7 Å². The van der Waals surface area contributed by atoms with Crippen molar-refractivity contribution in [2.45, 2.75) is 39.8 Å². The number of nitrogens with one attached hydrogen (secondary N) is 1. The number of rotatable bonds is 5. The van der Waals surface area contributed by atoms with Crippen molar-refractivity contribution in [3.8, 4) is 0 Å². The molecular weight excluding hydrogens is 328 g/mol. The standard InChI is InChI=1S/C20H32N4O2/c1-5-21-19(26)23-13-11-22(12-14-23)16-18(25)24(20(2,3)4)15-17-9-7-6-8-10-17/h6-10H,5,11-16H2,1-4H3,(H,21,26). The second-order valence-corrected chi connectivity index (χ2v) is 7.73. The molecule has 0 unspecified atom stereocenters. The Bertz CT molecular complexity index is 590. The maximum absolute atomic E-state index is 13.0. The molecule has 0 saturated carbocycles. The molecule has 1 heterocycles. The van der Waals surface area contributed by atoms with E-state index in [4.69, 9.17) is 0 Å². The first-order valence-corrected chi connectivity index (χ1v) is 9.40. The maximum atomic E-state index is 13.0. The minimum absolute atomic E-state index is 0.0149. The van der Waals surface area contributed by atoms with Crippen molar-refractivity contribution in [1.29, 1.82) is 0 Å². The fourth-order valence-corrected chi connectivity index (χ4v) is 3.11. The number of amides is 3. The molecule has 0 aromatic heterocycles. The van der Waals surface area contributed by atoms with Gasteiger partial charge >= 0.3 is 6.03 Å². The second-order valence-electron chi connectivity index (χ2n) is 7.73. The van der Waals surface area contributed by atoms with E-state index < -0.39 is 0 Å². The average Bonchev–Trinajstić information content (AvgIpc) is 2.60. The van der Waals surface area contributed by atoms with Crippen LogP contribution in [0.1, 0.15) is 33.3 Å². The summed E-state index contributed by atoms with van der Waals surface area (Å²) < 4.78 is 0. The predicted octanol–water partition coefficient (Wildman–Crippen LogP) is 2.16. The SMILES string of the molecule is CCNC(=O)N1CCN(CC(=O)N(Cc2ccccc2)C(C)(C)C)CC1. The van der Waals surface area contributed by atoms with Crippen LogP contribution in [0.25, 0.3) is 0 Å². The van der Waals surface area contributed by atoms with E-state index in [2.05, 4.69) is 43.1 Å². The van der Waals surface area contributed by atoms with Crippen molar-refractivity contribution in [3.63, 3.8) is 0 Å². The molecule has 0 bridgehead atoms. The minimum Gasteiger partial charge on any atom is -0.338 e. The average molecular weight is 361 g/mol. The normalized spacial score (nSPS) is 15.6. The number of hydrogen-bond acceptors (Lipinski definition) is 3. The van der Waals surface area contributed by atoms with Gasteiger partial charge < -0.3 is 15.1 Å². The highest BCUT2D eigenvalue weighted by Gasteiger charge is 2.29. The first-order valence-electron chi connectivity index (χ1n) is 9.40. The van der Waals surface area contributed by atoms with Gasteiger partial charge in [-0.2, -0.15) is 0 Å². The van der Waals surface area contributed by atoms with Crippen LogP contribution in [0.2, 0.25) is 0 Å². The van der Waals surface area contributed by atoms with Crippen molar-refractivity contribution in [2.24, 2.45) is 0 Å². The minimum atomic E-state index is -0.240. The highest BCUT2D eigenvalue weighted by molar-refractivity contribution is 5.79. The molecule has 0 aliphatic carbocycles. The van der Waals surface area contributed by atoms with Gasteiger partial charge in [-0.05, 0) is 33.3 Å². The molecule has 6 nitrogen and oxygen atoms in total. The molecule has 1 saturated heterocycles. The summed E-state index contributed by atoms with van der Waals surface area (Å²) in [5.41, 5.74) is 0.896. The Labute approximate surface area is 157 Å². The first kappa shape index (κ1) is 20.2. The van der Waals surface area contributed by atoms with Gasteiger partial charge in [-0.1, -0.05) is 30.3 Å². The highest BCUT2D eigenvalue weighted by Crippen LogP contribution is 2.18. The van der Waals surface area contributed by atoms with E-state index in [1.807, 2.05) is 34.9 Å². The van der Waals surface area contributed by atoms with Crippen LogP contribution in [0.5, 0.6) is 0 Å². The molecule has 1 fully saturated rings. The molecule has 26 heavy (non-hydrogen) atoms. The lowest BCUT2D eigenvalue weighted by Crippen LogP contribution is -2.55. The molecule has 2 rings (SSSR count). The van der Waals surface area contributed by atoms with Crippen molar-refractivity contribution in [1.82, 2.24) is 20.0 Å². The van der Waals surface area contributed by atoms with Gasteiger partial charge in [0.05, 0.1) is 6.54 Å². The van der Waals surface area contributed by atoms with Gasteiger partial charge in [0.15, 0.2) is 0 Å². The first-order chi connectivity index (χ1) is 12.3. The zero-order chi connectivity index (χ0) is 19.2. The molecule has 1 aliphatic rings. The van der Waals surface area contributed by atoms with E-state index in [1.54, 1.807) is 0 Å². The molecule has 1 aromatic rings. The fraction of sp³-hybridized carbons (Fsp3) is 0.600. The topological polar surface area (TPSA) is 55.9 Å². The molecule has 0 radical (unpaired) electrons. The number of carbonyl (C=O) groups excluding carboxylic acids is 2. The Morgan fingerprint density at radius 1 is 1.08 bits per heavy atom. The summed E-state index contributed by atoms with van der Waals surface area (Å²) in [7, 11) is 0. The van der Waals surface area contributed by atoms with Crippen molar-refractivity contribution >= 4 is 11.9 Å². The van der Waals surface area contributed by atoms with Gasteiger partial charge in [-0.25, -0.2) is 4.79 Å². The number of benzene rings is 1. The lowest BCUT2D eigenvalue weighted by Gasteiger charge is -2.39. The maximum Gasteiger partial charge on any atom is 0.317 e.